The Morgan fingerprint density at radius 2 is 2.10 bits per heavy atom. The number of amides is 1. The van der Waals surface area contributed by atoms with Gasteiger partial charge in [-0.25, -0.2) is 4.39 Å². The lowest BCUT2D eigenvalue weighted by atomic mass is 10.1. The number of carbonyl (C=O) groups excluding carboxylic acids is 3. The number of nitrogens with zero attached hydrogens (tertiary/aromatic N) is 1. The van der Waals surface area contributed by atoms with Gasteiger partial charge in [-0.1, -0.05) is 0 Å². The lowest BCUT2D eigenvalue weighted by Crippen LogP contribution is -2.35. The Labute approximate surface area is 119 Å². The van der Waals surface area contributed by atoms with E-state index >= 15 is 0 Å². The van der Waals surface area contributed by atoms with Gasteiger partial charge in [-0.05, 0) is 36.8 Å². The molecule has 0 bridgehead atoms. The van der Waals surface area contributed by atoms with Gasteiger partial charge in [-0.2, -0.15) is 0 Å². The Hall–Kier alpha value is -2.76. The average molecular weight is 287 g/mol. The Balaban J connectivity index is 2.00. The van der Waals surface area contributed by atoms with Crippen LogP contribution in [0.2, 0.25) is 0 Å². The third kappa shape index (κ3) is 2.05. The lowest BCUT2D eigenvalue weighted by molar-refractivity contribution is -0.114. The largest absolute Gasteiger partial charge is 0.461 e. The number of hydrogen-bond donors (Lipinski definition) is 0. The summed E-state index contributed by atoms with van der Waals surface area (Å²) in [5.41, 5.74) is 0.381. The third-order valence-corrected chi connectivity index (χ3v) is 3.26. The zero-order valence-electron chi connectivity index (χ0n) is 11.1. The fourth-order valence-corrected chi connectivity index (χ4v) is 2.33. The molecule has 0 aliphatic carbocycles. The molecule has 0 saturated heterocycles. The molecular weight excluding hydrogens is 277 g/mol. The van der Waals surface area contributed by atoms with Crippen LogP contribution in [0.1, 0.15) is 26.5 Å². The Morgan fingerprint density at radius 1 is 1.33 bits per heavy atom. The summed E-state index contributed by atoms with van der Waals surface area (Å²) in [5, 5.41) is 0. The monoisotopic (exact) mass is 287 g/mol. The van der Waals surface area contributed by atoms with Gasteiger partial charge in [-0.15, -0.1) is 0 Å². The topological polar surface area (TPSA) is 67.6 Å². The molecule has 2 aromatic rings. The van der Waals surface area contributed by atoms with E-state index in [0.717, 1.165) is 4.90 Å². The second kappa shape index (κ2) is 4.66. The van der Waals surface area contributed by atoms with E-state index < -0.39 is 29.8 Å². The molecule has 1 aromatic heterocycles. The number of anilines is 1. The van der Waals surface area contributed by atoms with E-state index in [4.69, 9.17) is 4.42 Å². The number of hydrogen-bond acceptors (Lipinski definition) is 4. The van der Waals surface area contributed by atoms with Gasteiger partial charge in [-0.3, -0.25) is 19.3 Å². The Morgan fingerprint density at radius 3 is 2.76 bits per heavy atom. The molecule has 106 valence electrons. The number of benzene rings is 1. The van der Waals surface area contributed by atoms with E-state index in [9.17, 15) is 18.8 Å². The van der Waals surface area contributed by atoms with Crippen molar-refractivity contribution in [2.24, 2.45) is 0 Å². The van der Waals surface area contributed by atoms with Crippen LogP contribution in [0.3, 0.4) is 0 Å². The molecule has 6 heteroatoms. The quantitative estimate of drug-likeness (QED) is 0.640. The van der Waals surface area contributed by atoms with Crippen LogP contribution < -0.4 is 4.90 Å². The predicted octanol–water partition coefficient (Wildman–Crippen LogP) is 2.14. The van der Waals surface area contributed by atoms with Crippen LogP contribution in [0, 0.1) is 12.7 Å². The van der Waals surface area contributed by atoms with E-state index in [1.165, 1.54) is 30.5 Å². The second-order valence-corrected chi connectivity index (χ2v) is 4.76. The van der Waals surface area contributed by atoms with Crippen molar-refractivity contribution < 1.29 is 23.2 Å². The zero-order chi connectivity index (χ0) is 15.1. The number of furan rings is 1. The van der Waals surface area contributed by atoms with E-state index in [1.807, 2.05) is 0 Å². The van der Waals surface area contributed by atoms with Gasteiger partial charge in [0.15, 0.2) is 5.76 Å². The van der Waals surface area contributed by atoms with Gasteiger partial charge in [0.2, 0.25) is 5.78 Å². The SMILES string of the molecule is Cc1cc(F)c2c(c1)C(=O)C(=O)N2CC(=O)c1ccco1. The summed E-state index contributed by atoms with van der Waals surface area (Å²) in [5.74, 6) is -2.86. The Bertz CT molecular complexity index is 764. The minimum absolute atomic E-state index is 0.00950. The highest BCUT2D eigenvalue weighted by molar-refractivity contribution is 6.52. The number of rotatable bonds is 3. The normalized spacial score (nSPS) is 13.7. The third-order valence-electron chi connectivity index (χ3n) is 3.26. The fourth-order valence-electron chi connectivity index (χ4n) is 2.33. The maximum Gasteiger partial charge on any atom is 0.299 e. The molecular formula is C15H10FNO4. The molecule has 0 radical (unpaired) electrons. The van der Waals surface area contributed by atoms with Crippen LogP contribution in [0.25, 0.3) is 0 Å². The summed E-state index contributed by atoms with van der Waals surface area (Å²) in [6, 6.07) is 5.63. The average Bonchev–Trinajstić information content (AvgIpc) is 3.03. The summed E-state index contributed by atoms with van der Waals surface area (Å²) in [7, 11) is 0. The van der Waals surface area contributed by atoms with Gasteiger partial charge >= 0.3 is 0 Å². The van der Waals surface area contributed by atoms with Crippen molar-refractivity contribution in [2.45, 2.75) is 6.92 Å². The molecule has 1 aromatic carbocycles. The molecule has 1 aliphatic heterocycles. The van der Waals surface area contributed by atoms with Gasteiger partial charge in [0, 0.05) is 0 Å². The first-order chi connectivity index (χ1) is 9.99. The standard InChI is InChI=1S/C15H10FNO4/c1-8-5-9-13(10(16)6-8)17(15(20)14(9)19)7-11(18)12-3-2-4-21-12/h2-6H,7H2,1H3. The van der Waals surface area contributed by atoms with E-state index in [1.54, 1.807) is 6.92 Å². The summed E-state index contributed by atoms with van der Waals surface area (Å²) >= 11 is 0. The first-order valence-electron chi connectivity index (χ1n) is 6.22. The Kier molecular flexibility index (Phi) is 2.94. The molecule has 2 heterocycles. The van der Waals surface area contributed by atoms with Crippen molar-refractivity contribution in [1.29, 1.82) is 0 Å². The molecule has 5 nitrogen and oxygen atoms in total. The zero-order valence-corrected chi connectivity index (χ0v) is 11.1. The van der Waals surface area contributed by atoms with Crippen LogP contribution in [0.4, 0.5) is 10.1 Å². The van der Waals surface area contributed by atoms with Crippen LogP contribution >= 0.6 is 0 Å². The minimum atomic E-state index is -0.908. The number of aryl methyl sites for hydroxylation is 1. The molecule has 0 N–H and O–H groups in total. The maximum absolute atomic E-state index is 14.1. The van der Waals surface area contributed by atoms with Gasteiger partial charge in [0.25, 0.3) is 11.7 Å². The number of halogens is 1. The van der Waals surface area contributed by atoms with Crippen molar-refractivity contribution in [1.82, 2.24) is 0 Å². The lowest BCUT2D eigenvalue weighted by Gasteiger charge is -2.15. The van der Waals surface area contributed by atoms with Crippen LogP contribution in [0.15, 0.2) is 34.9 Å². The summed E-state index contributed by atoms with van der Waals surface area (Å²) < 4.78 is 19.0. The summed E-state index contributed by atoms with van der Waals surface area (Å²) in [6.45, 7) is 1.18. The smallest absolute Gasteiger partial charge is 0.299 e. The fraction of sp³-hybridized carbons (Fsp3) is 0.133. The molecule has 1 aliphatic rings. The molecule has 0 atom stereocenters. The van der Waals surface area contributed by atoms with Crippen LogP contribution in [0.5, 0.6) is 0 Å². The molecule has 0 saturated carbocycles. The number of carbonyl (C=O) groups is 3. The highest BCUT2D eigenvalue weighted by Gasteiger charge is 2.39. The predicted molar refractivity (Wildman–Crippen MR) is 70.9 cm³/mol. The summed E-state index contributed by atoms with van der Waals surface area (Å²) in [4.78, 5) is 36.7. The summed E-state index contributed by atoms with van der Waals surface area (Å²) in [6.07, 6.45) is 1.32. The number of Topliss-reactive ketones (excluding diaryl/α,β-unsaturated/α-hetero) is 2. The molecule has 1 amide bonds. The van der Waals surface area contributed by atoms with Crippen molar-refractivity contribution in [3.05, 3.63) is 53.2 Å². The molecule has 0 fully saturated rings. The van der Waals surface area contributed by atoms with Crippen molar-refractivity contribution in [3.63, 3.8) is 0 Å². The highest BCUT2D eigenvalue weighted by atomic mass is 19.1. The molecule has 0 unspecified atom stereocenters. The van der Waals surface area contributed by atoms with Crippen LogP contribution in [-0.2, 0) is 4.79 Å². The second-order valence-electron chi connectivity index (χ2n) is 4.76. The van der Waals surface area contributed by atoms with Gasteiger partial charge in [0.05, 0.1) is 24.1 Å². The van der Waals surface area contributed by atoms with Crippen molar-refractivity contribution >= 4 is 23.2 Å². The van der Waals surface area contributed by atoms with E-state index in [-0.39, 0.29) is 17.0 Å². The molecule has 0 spiro atoms. The first kappa shape index (κ1) is 13.2. The number of fused-ring (bicyclic) bond motifs is 1. The first-order valence-corrected chi connectivity index (χ1v) is 6.22. The molecule has 3 rings (SSSR count). The van der Waals surface area contributed by atoms with Gasteiger partial charge in [0.1, 0.15) is 5.82 Å². The van der Waals surface area contributed by atoms with E-state index in [2.05, 4.69) is 0 Å². The van der Waals surface area contributed by atoms with Crippen molar-refractivity contribution in [3.8, 4) is 0 Å². The maximum atomic E-state index is 14.1. The molecule has 21 heavy (non-hydrogen) atoms. The van der Waals surface area contributed by atoms with E-state index in [0.29, 0.717) is 5.56 Å². The van der Waals surface area contributed by atoms with Gasteiger partial charge < -0.3 is 4.42 Å². The van der Waals surface area contributed by atoms with Crippen molar-refractivity contribution in [2.75, 3.05) is 11.4 Å². The highest BCUT2D eigenvalue weighted by Crippen LogP contribution is 2.32. The van der Waals surface area contributed by atoms with Crippen LogP contribution in [-0.4, -0.2) is 24.0 Å². The minimum Gasteiger partial charge on any atom is -0.461 e. The number of ketones is 2.